The van der Waals surface area contributed by atoms with E-state index in [1.54, 1.807) is 41.3 Å². The molecular weight excluding hydrogens is 419 g/mol. The molecule has 0 bridgehead atoms. The van der Waals surface area contributed by atoms with Gasteiger partial charge in [-0.3, -0.25) is 4.79 Å². The van der Waals surface area contributed by atoms with Gasteiger partial charge in [0.2, 0.25) is 0 Å². The smallest absolute Gasteiger partial charge is 0.382 e. The number of amides is 1. The highest BCUT2D eigenvalue weighted by Gasteiger charge is 2.35. The molecule has 1 aliphatic carbocycles. The minimum Gasteiger partial charge on any atom is -0.382 e. The lowest BCUT2D eigenvalue weighted by molar-refractivity contribution is -0.137. The van der Waals surface area contributed by atoms with Crippen LogP contribution >= 0.6 is 0 Å². The summed E-state index contributed by atoms with van der Waals surface area (Å²) in [7, 11) is 0. The van der Waals surface area contributed by atoms with E-state index >= 15 is 0 Å². The van der Waals surface area contributed by atoms with Gasteiger partial charge in [0.05, 0.1) is 34.7 Å². The summed E-state index contributed by atoms with van der Waals surface area (Å²) < 4.78 is 41.8. The average Bonchev–Trinajstić information content (AvgIpc) is 3.22. The molecule has 9 heteroatoms. The largest absolute Gasteiger partial charge is 0.417 e. The number of anilines is 1. The van der Waals surface area contributed by atoms with Gasteiger partial charge in [-0.2, -0.15) is 18.4 Å². The maximum Gasteiger partial charge on any atom is 0.417 e. The molecule has 1 fully saturated rings. The Labute approximate surface area is 183 Å². The zero-order chi connectivity index (χ0) is 22.9. The molecule has 0 spiro atoms. The van der Waals surface area contributed by atoms with Crippen molar-refractivity contribution in [2.75, 3.05) is 5.32 Å². The maximum atomic E-state index is 13.3. The number of rotatable bonds is 4. The van der Waals surface area contributed by atoms with Crippen LogP contribution in [0, 0.1) is 18.3 Å². The van der Waals surface area contributed by atoms with Crippen LogP contribution in [0.1, 0.15) is 52.7 Å². The highest BCUT2D eigenvalue weighted by Crippen LogP contribution is 2.36. The molecule has 6 nitrogen and oxygen atoms in total. The number of fused-ring (bicyclic) bond motifs is 1. The zero-order valence-electron chi connectivity index (χ0n) is 17.4. The van der Waals surface area contributed by atoms with Crippen molar-refractivity contribution in [3.8, 4) is 6.07 Å². The van der Waals surface area contributed by atoms with Crippen molar-refractivity contribution < 1.29 is 18.0 Å². The number of pyridine rings is 1. The van der Waals surface area contributed by atoms with Gasteiger partial charge < -0.3 is 15.0 Å². The predicted molar refractivity (Wildman–Crippen MR) is 113 cm³/mol. The lowest BCUT2D eigenvalue weighted by Gasteiger charge is -2.30. The van der Waals surface area contributed by atoms with Crippen LogP contribution < -0.4 is 10.6 Å². The topological polar surface area (TPSA) is 82.2 Å². The van der Waals surface area contributed by atoms with Crippen molar-refractivity contribution in [2.45, 2.75) is 50.9 Å². The van der Waals surface area contributed by atoms with Crippen LogP contribution in [0.2, 0.25) is 0 Å². The molecule has 0 radical (unpaired) electrons. The van der Waals surface area contributed by atoms with Gasteiger partial charge in [0.15, 0.2) is 0 Å². The van der Waals surface area contributed by atoms with Crippen molar-refractivity contribution in [1.29, 1.82) is 5.26 Å². The van der Waals surface area contributed by atoms with Crippen LogP contribution in [0.25, 0.3) is 5.52 Å². The average molecular weight is 441 g/mol. The number of carbonyl (C=O) groups is 1. The quantitative estimate of drug-likeness (QED) is 0.616. The standard InChI is InChI=1S/C23H22F3N5O/c1-14-8-18(9-21(20(14)10-27)23(24,25)26)29-16-3-5-17(6-4-16)30-22(32)15-2-7-19-11-28-13-31(19)12-15/h2,7-9,11-13,16-17,29H,3-6H2,1H3,(H,30,32). The number of imidazole rings is 1. The van der Waals surface area contributed by atoms with Crippen LogP contribution in [0.3, 0.4) is 0 Å². The summed E-state index contributed by atoms with van der Waals surface area (Å²) in [5.74, 6) is -0.158. The molecule has 0 unspecified atom stereocenters. The second-order valence-corrected chi connectivity index (χ2v) is 8.14. The first-order valence-electron chi connectivity index (χ1n) is 10.4. The van der Waals surface area contributed by atoms with Crippen LogP contribution in [0.15, 0.2) is 43.0 Å². The molecule has 1 amide bonds. The van der Waals surface area contributed by atoms with E-state index in [9.17, 15) is 18.0 Å². The summed E-state index contributed by atoms with van der Waals surface area (Å²) in [4.78, 5) is 16.6. The van der Waals surface area contributed by atoms with E-state index < -0.39 is 11.7 Å². The van der Waals surface area contributed by atoms with Crippen LogP contribution in [0.5, 0.6) is 0 Å². The molecule has 0 atom stereocenters. The molecule has 0 aliphatic heterocycles. The number of hydrogen-bond acceptors (Lipinski definition) is 4. The molecule has 2 heterocycles. The fourth-order valence-corrected chi connectivity index (χ4v) is 4.18. The molecule has 3 aromatic rings. The predicted octanol–water partition coefficient (Wildman–Crippen LogP) is 4.69. The number of benzene rings is 1. The summed E-state index contributed by atoms with van der Waals surface area (Å²) >= 11 is 0. The molecule has 166 valence electrons. The van der Waals surface area contributed by atoms with E-state index in [0.717, 1.165) is 24.4 Å². The minimum atomic E-state index is -4.59. The van der Waals surface area contributed by atoms with Gasteiger partial charge in [-0.25, -0.2) is 4.98 Å². The summed E-state index contributed by atoms with van der Waals surface area (Å²) in [6.45, 7) is 1.51. The second-order valence-electron chi connectivity index (χ2n) is 8.14. The molecule has 1 saturated carbocycles. The zero-order valence-corrected chi connectivity index (χ0v) is 17.4. The Morgan fingerprint density at radius 2 is 1.91 bits per heavy atom. The third kappa shape index (κ3) is 4.54. The molecule has 2 N–H and O–H groups in total. The van der Waals surface area contributed by atoms with Gasteiger partial charge >= 0.3 is 6.18 Å². The van der Waals surface area contributed by atoms with Crippen molar-refractivity contribution in [2.24, 2.45) is 0 Å². The van der Waals surface area contributed by atoms with Crippen LogP contribution in [-0.4, -0.2) is 27.4 Å². The van der Waals surface area contributed by atoms with E-state index in [0.29, 0.717) is 29.7 Å². The van der Waals surface area contributed by atoms with Gasteiger partial charge in [0.25, 0.3) is 5.91 Å². The van der Waals surface area contributed by atoms with Crippen molar-refractivity contribution >= 4 is 17.1 Å². The van der Waals surface area contributed by atoms with Gasteiger partial charge in [-0.05, 0) is 62.4 Å². The number of alkyl halides is 3. The SMILES string of the molecule is Cc1cc(NC2CCC(NC(=O)c3ccc4cncn4c3)CC2)cc(C(F)(F)F)c1C#N. The second kappa shape index (κ2) is 8.54. The third-order valence-electron chi connectivity index (χ3n) is 5.86. The van der Waals surface area contributed by atoms with Crippen LogP contribution in [-0.2, 0) is 6.18 Å². The summed E-state index contributed by atoms with van der Waals surface area (Å²) in [5.41, 5.74) is 0.834. The highest BCUT2D eigenvalue weighted by molar-refractivity contribution is 5.94. The maximum absolute atomic E-state index is 13.3. The van der Waals surface area contributed by atoms with E-state index in [2.05, 4.69) is 15.6 Å². The number of nitriles is 1. The summed E-state index contributed by atoms with van der Waals surface area (Å²) in [5, 5.41) is 15.3. The van der Waals surface area contributed by atoms with Crippen molar-refractivity contribution in [3.05, 3.63) is 65.2 Å². The summed E-state index contributed by atoms with van der Waals surface area (Å²) in [6.07, 6.45) is 3.36. The van der Waals surface area contributed by atoms with Gasteiger partial charge in [0.1, 0.15) is 6.07 Å². The van der Waals surface area contributed by atoms with E-state index in [1.807, 2.05) is 6.07 Å². The highest BCUT2D eigenvalue weighted by atomic mass is 19.4. The Hall–Kier alpha value is -3.54. The Morgan fingerprint density at radius 3 is 2.59 bits per heavy atom. The van der Waals surface area contributed by atoms with Gasteiger partial charge in [0, 0.05) is 24.0 Å². The van der Waals surface area contributed by atoms with Gasteiger partial charge in [-0.15, -0.1) is 0 Å². The van der Waals surface area contributed by atoms with E-state index in [-0.39, 0.29) is 23.6 Å². The first kappa shape index (κ1) is 21.7. The van der Waals surface area contributed by atoms with Crippen molar-refractivity contribution in [1.82, 2.24) is 14.7 Å². The molecule has 1 aliphatic rings. The fraction of sp³-hybridized carbons (Fsp3) is 0.348. The lowest BCUT2D eigenvalue weighted by atomic mass is 9.90. The Morgan fingerprint density at radius 1 is 1.19 bits per heavy atom. The Kier molecular flexibility index (Phi) is 5.78. The molecule has 2 aromatic heterocycles. The number of aromatic nitrogens is 2. The Bertz CT molecular complexity index is 1190. The monoisotopic (exact) mass is 441 g/mol. The lowest BCUT2D eigenvalue weighted by Crippen LogP contribution is -2.40. The number of hydrogen-bond donors (Lipinski definition) is 2. The number of halogens is 3. The van der Waals surface area contributed by atoms with E-state index in [1.165, 1.54) is 6.92 Å². The fourth-order valence-electron chi connectivity index (χ4n) is 4.18. The number of nitrogens with one attached hydrogen (secondary N) is 2. The molecular formula is C23H22F3N5O. The van der Waals surface area contributed by atoms with E-state index in [4.69, 9.17) is 5.26 Å². The minimum absolute atomic E-state index is 0.00105. The molecule has 1 aromatic carbocycles. The number of nitrogens with zero attached hydrogens (tertiary/aromatic N) is 3. The normalized spacial score (nSPS) is 18.8. The Balaban J connectivity index is 1.36. The van der Waals surface area contributed by atoms with Crippen molar-refractivity contribution in [3.63, 3.8) is 0 Å². The first-order chi connectivity index (χ1) is 15.2. The summed E-state index contributed by atoms with van der Waals surface area (Å²) in [6, 6.07) is 7.83. The molecule has 32 heavy (non-hydrogen) atoms. The van der Waals surface area contributed by atoms with Crippen LogP contribution in [0.4, 0.5) is 18.9 Å². The van der Waals surface area contributed by atoms with Gasteiger partial charge in [-0.1, -0.05) is 0 Å². The molecule has 0 saturated heterocycles. The number of carbonyl (C=O) groups excluding carboxylic acids is 1. The third-order valence-corrected chi connectivity index (χ3v) is 5.86. The first-order valence-corrected chi connectivity index (χ1v) is 10.4. The number of aryl methyl sites for hydroxylation is 1. The molecule has 4 rings (SSSR count).